The minimum Gasteiger partial charge on any atom is -0.356 e. The van der Waals surface area contributed by atoms with Gasteiger partial charge in [-0.05, 0) is 37.8 Å². The van der Waals surface area contributed by atoms with Gasteiger partial charge in [0.05, 0.1) is 19.0 Å². The average Bonchev–Trinajstić information content (AvgIpc) is 3.17. The normalized spacial score (nSPS) is 17.7. The third kappa shape index (κ3) is 6.82. The highest BCUT2D eigenvalue weighted by molar-refractivity contribution is 5.85. The Bertz CT molecular complexity index is 1010. The second kappa shape index (κ2) is 11.2. The summed E-state index contributed by atoms with van der Waals surface area (Å²) in [6.45, 7) is 1.65. The fourth-order valence-electron chi connectivity index (χ4n) is 3.87. The van der Waals surface area contributed by atoms with Gasteiger partial charge in [0.25, 0.3) is 0 Å². The number of rotatable bonds is 5. The maximum absolute atomic E-state index is 13.1. The monoisotopic (exact) mass is 479 g/mol. The zero-order valence-corrected chi connectivity index (χ0v) is 18.9. The molecule has 1 saturated heterocycles. The average molecular weight is 480 g/mol. The van der Waals surface area contributed by atoms with Crippen molar-refractivity contribution >= 4 is 17.7 Å². The van der Waals surface area contributed by atoms with E-state index in [9.17, 15) is 27.6 Å². The number of hydrogen-bond donors (Lipinski definition) is 2. The summed E-state index contributed by atoms with van der Waals surface area (Å²) in [6.07, 6.45) is -2.13. The van der Waals surface area contributed by atoms with Gasteiger partial charge in [0.2, 0.25) is 17.7 Å². The number of benzene rings is 1. The van der Waals surface area contributed by atoms with E-state index in [1.807, 2.05) is 30.3 Å². The molecule has 184 valence electrons. The molecule has 1 aliphatic rings. The van der Waals surface area contributed by atoms with Gasteiger partial charge in [0, 0.05) is 18.8 Å². The van der Waals surface area contributed by atoms with Crippen molar-refractivity contribution < 1.29 is 27.6 Å². The van der Waals surface area contributed by atoms with Crippen molar-refractivity contribution in [2.45, 2.75) is 51.4 Å². The molecule has 1 fully saturated rings. The van der Waals surface area contributed by atoms with Gasteiger partial charge in [-0.1, -0.05) is 30.3 Å². The largest absolute Gasteiger partial charge is 0.435 e. The number of carbonyl (C=O) groups excluding carboxylic acids is 3. The van der Waals surface area contributed by atoms with Crippen molar-refractivity contribution in [1.82, 2.24) is 25.3 Å². The summed E-state index contributed by atoms with van der Waals surface area (Å²) in [6, 6.07) is 9.57. The van der Waals surface area contributed by atoms with E-state index in [1.54, 1.807) is 4.90 Å². The topological polar surface area (TPSA) is 96.3 Å². The summed E-state index contributed by atoms with van der Waals surface area (Å²) in [7, 11) is 0. The molecule has 2 N–H and O–H groups in total. The van der Waals surface area contributed by atoms with E-state index in [-0.39, 0.29) is 30.5 Å². The molecule has 0 aliphatic carbocycles. The minimum atomic E-state index is -4.61. The Hall–Kier alpha value is -3.37. The molecular weight excluding hydrogens is 451 g/mol. The molecule has 1 unspecified atom stereocenters. The lowest BCUT2D eigenvalue weighted by Crippen LogP contribution is -2.45. The van der Waals surface area contributed by atoms with Crippen molar-refractivity contribution in [3.63, 3.8) is 0 Å². The molecule has 11 heteroatoms. The Labute approximate surface area is 195 Å². The maximum atomic E-state index is 13.1. The molecule has 1 aromatic heterocycles. The van der Waals surface area contributed by atoms with Gasteiger partial charge in [-0.3, -0.25) is 19.1 Å². The summed E-state index contributed by atoms with van der Waals surface area (Å²) in [5.41, 5.74) is -0.0877. The van der Waals surface area contributed by atoms with Gasteiger partial charge in [-0.2, -0.15) is 18.3 Å². The molecule has 1 atom stereocenters. The number of aromatic nitrogens is 2. The van der Waals surface area contributed by atoms with Crippen molar-refractivity contribution in [3.05, 3.63) is 53.3 Å². The molecule has 0 radical (unpaired) electrons. The van der Waals surface area contributed by atoms with Crippen LogP contribution in [0.1, 0.15) is 48.7 Å². The van der Waals surface area contributed by atoms with Crippen LogP contribution >= 0.6 is 0 Å². The van der Waals surface area contributed by atoms with E-state index in [2.05, 4.69) is 15.7 Å². The molecule has 1 aliphatic heterocycles. The molecule has 0 bridgehead atoms. The first kappa shape index (κ1) is 25.3. The van der Waals surface area contributed by atoms with Crippen LogP contribution in [-0.4, -0.2) is 52.0 Å². The molecule has 8 nitrogen and oxygen atoms in total. The van der Waals surface area contributed by atoms with Crippen LogP contribution in [0.3, 0.4) is 0 Å². The molecule has 0 saturated carbocycles. The SMILES string of the molecule is Cc1cc(C(F)(F)F)nn1CC(=O)NCC(=O)N1CCCCCNC(=O)CC1c1ccccc1. The van der Waals surface area contributed by atoms with Crippen LogP contribution in [0.2, 0.25) is 0 Å². The van der Waals surface area contributed by atoms with Crippen molar-refractivity contribution in [2.75, 3.05) is 19.6 Å². The van der Waals surface area contributed by atoms with Crippen LogP contribution in [0, 0.1) is 6.92 Å². The van der Waals surface area contributed by atoms with Gasteiger partial charge in [-0.25, -0.2) is 0 Å². The fraction of sp³-hybridized carbons (Fsp3) is 0.478. The first-order chi connectivity index (χ1) is 16.1. The number of amides is 3. The maximum Gasteiger partial charge on any atom is 0.435 e. The molecule has 2 aromatic rings. The quantitative estimate of drug-likeness (QED) is 0.689. The first-order valence-electron chi connectivity index (χ1n) is 11.1. The zero-order valence-electron chi connectivity index (χ0n) is 18.9. The third-order valence-electron chi connectivity index (χ3n) is 5.66. The molecule has 34 heavy (non-hydrogen) atoms. The second-order valence-electron chi connectivity index (χ2n) is 8.23. The zero-order chi connectivity index (χ0) is 24.7. The summed E-state index contributed by atoms with van der Waals surface area (Å²) in [5.74, 6) is -1.17. The Morgan fingerprint density at radius 2 is 1.91 bits per heavy atom. The predicted molar refractivity (Wildman–Crippen MR) is 117 cm³/mol. The van der Waals surface area contributed by atoms with Crippen LogP contribution in [0.4, 0.5) is 13.2 Å². The molecule has 3 amide bonds. The van der Waals surface area contributed by atoms with E-state index in [0.29, 0.717) is 13.1 Å². The highest BCUT2D eigenvalue weighted by Gasteiger charge is 2.34. The Kier molecular flexibility index (Phi) is 8.30. The van der Waals surface area contributed by atoms with E-state index in [4.69, 9.17) is 0 Å². The lowest BCUT2D eigenvalue weighted by atomic mass is 10.00. The molecule has 0 spiro atoms. The summed E-state index contributed by atoms with van der Waals surface area (Å²) in [4.78, 5) is 39.5. The minimum absolute atomic E-state index is 0.0937. The Balaban J connectivity index is 1.69. The predicted octanol–water partition coefficient (Wildman–Crippen LogP) is 2.59. The lowest BCUT2D eigenvalue weighted by Gasteiger charge is -2.33. The van der Waals surface area contributed by atoms with E-state index >= 15 is 0 Å². The number of nitrogens with zero attached hydrogens (tertiary/aromatic N) is 3. The van der Waals surface area contributed by atoms with Crippen LogP contribution in [0.15, 0.2) is 36.4 Å². The van der Waals surface area contributed by atoms with Crippen molar-refractivity contribution in [3.8, 4) is 0 Å². The second-order valence-corrected chi connectivity index (χ2v) is 8.23. The highest BCUT2D eigenvalue weighted by atomic mass is 19.4. The first-order valence-corrected chi connectivity index (χ1v) is 11.1. The lowest BCUT2D eigenvalue weighted by molar-refractivity contribution is -0.141. The van der Waals surface area contributed by atoms with E-state index in [1.165, 1.54) is 6.92 Å². The van der Waals surface area contributed by atoms with Crippen LogP contribution in [0.25, 0.3) is 0 Å². The van der Waals surface area contributed by atoms with Gasteiger partial charge < -0.3 is 15.5 Å². The number of halogens is 3. The molecular formula is C23H28F3N5O3. The number of carbonyl (C=O) groups is 3. The third-order valence-corrected chi connectivity index (χ3v) is 5.66. The summed E-state index contributed by atoms with van der Waals surface area (Å²) >= 11 is 0. The fourth-order valence-corrected chi connectivity index (χ4v) is 3.87. The summed E-state index contributed by atoms with van der Waals surface area (Å²) in [5, 5.41) is 8.78. The summed E-state index contributed by atoms with van der Waals surface area (Å²) < 4.78 is 39.5. The number of hydrogen-bond acceptors (Lipinski definition) is 4. The van der Waals surface area contributed by atoms with E-state index < -0.39 is 30.4 Å². The number of nitrogens with one attached hydrogen (secondary N) is 2. The number of aryl methyl sites for hydroxylation is 1. The molecule has 1 aromatic carbocycles. The van der Waals surface area contributed by atoms with Gasteiger partial charge >= 0.3 is 6.18 Å². The number of alkyl halides is 3. The van der Waals surface area contributed by atoms with E-state index in [0.717, 1.165) is 35.6 Å². The van der Waals surface area contributed by atoms with Gasteiger partial charge in [0.1, 0.15) is 6.54 Å². The van der Waals surface area contributed by atoms with Gasteiger partial charge in [0.15, 0.2) is 5.69 Å². The van der Waals surface area contributed by atoms with Crippen molar-refractivity contribution in [1.29, 1.82) is 0 Å². The Morgan fingerprint density at radius 1 is 1.18 bits per heavy atom. The van der Waals surface area contributed by atoms with Crippen molar-refractivity contribution in [2.24, 2.45) is 0 Å². The molecule has 2 heterocycles. The van der Waals surface area contributed by atoms with Crippen LogP contribution < -0.4 is 10.6 Å². The van der Waals surface area contributed by atoms with Crippen LogP contribution in [0.5, 0.6) is 0 Å². The smallest absolute Gasteiger partial charge is 0.356 e. The Morgan fingerprint density at radius 3 is 2.59 bits per heavy atom. The van der Waals surface area contributed by atoms with Gasteiger partial charge in [-0.15, -0.1) is 0 Å². The van der Waals surface area contributed by atoms with Crippen LogP contribution in [-0.2, 0) is 27.1 Å². The standard InChI is InChI=1S/C23H28F3N5O3/c1-16-12-19(23(24,25)26)29-31(16)15-21(33)28-14-22(34)30-11-7-3-6-10-27-20(32)13-18(30)17-8-4-2-5-9-17/h2,4-5,8-9,12,18H,3,6-7,10-11,13-15H2,1H3,(H,27,32)(H,28,33). The molecule has 3 rings (SSSR count). The highest BCUT2D eigenvalue weighted by Crippen LogP contribution is 2.28.